The summed E-state index contributed by atoms with van der Waals surface area (Å²) in [6, 6.07) is 13.1. The number of ether oxygens (including phenoxy) is 1. The maximum atomic E-state index is 12.5. The fraction of sp³-hybridized carbons (Fsp3) is 0.188. The van der Waals surface area contributed by atoms with Crippen molar-refractivity contribution in [3.05, 3.63) is 58.1 Å². The van der Waals surface area contributed by atoms with Crippen molar-refractivity contribution in [3.8, 4) is 5.75 Å². The first kappa shape index (κ1) is 14.6. The van der Waals surface area contributed by atoms with Gasteiger partial charge in [-0.3, -0.25) is 4.79 Å². The summed E-state index contributed by atoms with van der Waals surface area (Å²) in [5.41, 5.74) is 2.48. The average molecular weight is 334 g/mol. The Labute approximate surface area is 127 Å². The van der Waals surface area contributed by atoms with E-state index in [1.54, 1.807) is 19.1 Å². The summed E-state index contributed by atoms with van der Waals surface area (Å²) in [7, 11) is 3.39. The van der Waals surface area contributed by atoms with Crippen molar-refractivity contribution < 1.29 is 9.53 Å². The average Bonchev–Trinajstić information content (AvgIpc) is 2.48. The first-order valence-electron chi connectivity index (χ1n) is 6.21. The van der Waals surface area contributed by atoms with Crippen LogP contribution < -0.4 is 9.64 Å². The molecule has 0 heterocycles. The van der Waals surface area contributed by atoms with Crippen molar-refractivity contribution in [1.82, 2.24) is 0 Å². The highest BCUT2D eigenvalue weighted by atomic mass is 79.9. The van der Waals surface area contributed by atoms with Gasteiger partial charge >= 0.3 is 0 Å². The van der Waals surface area contributed by atoms with Gasteiger partial charge in [0, 0.05) is 22.8 Å². The van der Waals surface area contributed by atoms with Crippen LogP contribution in [0.25, 0.3) is 0 Å². The molecule has 0 aliphatic rings. The molecule has 2 rings (SSSR count). The van der Waals surface area contributed by atoms with E-state index in [2.05, 4.69) is 15.9 Å². The maximum Gasteiger partial charge on any atom is 0.258 e. The first-order valence-corrected chi connectivity index (χ1v) is 7.00. The minimum atomic E-state index is -0.0334. The molecule has 0 aliphatic carbocycles. The lowest BCUT2D eigenvalue weighted by molar-refractivity contribution is 0.0992. The SMILES string of the molecule is COc1ccc(N(C)C(=O)c2cc(Br)ccc2C)cc1. The molecule has 0 bridgehead atoms. The van der Waals surface area contributed by atoms with E-state index < -0.39 is 0 Å². The topological polar surface area (TPSA) is 29.5 Å². The summed E-state index contributed by atoms with van der Waals surface area (Å²) in [6.45, 7) is 1.93. The zero-order chi connectivity index (χ0) is 14.7. The Bertz CT molecular complexity index is 623. The molecule has 4 heteroatoms. The molecule has 0 aliphatic heterocycles. The monoisotopic (exact) mass is 333 g/mol. The van der Waals surface area contributed by atoms with Crippen LogP contribution >= 0.6 is 15.9 Å². The number of rotatable bonds is 3. The number of carbonyl (C=O) groups excluding carboxylic acids is 1. The molecule has 104 valence electrons. The number of anilines is 1. The minimum Gasteiger partial charge on any atom is -0.497 e. The third-order valence-corrected chi connectivity index (χ3v) is 3.69. The molecule has 2 aromatic rings. The second kappa shape index (κ2) is 6.09. The van der Waals surface area contributed by atoms with Gasteiger partial charge in [-0.15, -0.1) is 0 Å². The number of methoxy groups -OCH3 is 1. The summed E-state index contributed by atoms with van der Waals surface area (Å²) in [5, 5.41) is 0. The fourth-order valence-corrected chi connectivity index (χ4v) is 2.29. The van der Waals surface area contributed by atoms with Crippen LogP contribution in [0.1, 0.15) is 15.9 Å². The van der Waals surface area contributed by atoms with Crippen LogP contribution in [0.2, 0.25) is 0 Å². The van der Waals surface area contributed by atoms with Gasteiger partial charge < -0.3 is 9.64 Å². The Morgan fingerprint density at radius 2 is 1.80 bits per heavy atom. The molecule has 0 atom stereocenters. The van der Waals surface area contributed by atoms with E-state index in [1.807, 2.05) is 49.4 Å². The standard InChI is InChI=1S/C16H16BrNO2/c1-11-4-5-12(17)10-15(11)16(19)18(2)13-6-8-14(20-3)9-7-13/h4-10H,1-3H3. The number of hydrogen-bond acceptors (Lipinski definition) is 2. The molecule has 0 radical (unpaired) electrons. The third kappa shape index (κ3) is 3.02. The molecule has 1 amide bonds. The molecule has 0 spiro atoms. The molecule has 0 N–H and O–H groups in total. The molecule has 0 unspecified atom stereocenters. The van der Waals surface area contributed by atoms with Crippen molar-refractivity contribution in [2.24, 2.45) is 0 Å². The lowest BCUT2D eigenvalue weighted by Gasteiger charge is -2.19. The molecule has 3 nitrogen and oxygen atoms in total. The summed E-state index contributed by atoms with van der Waals surface area (Å²) >= 11 is 3.40. The van der Waals surface area contributed by atoms with Crippen molar-refractivity contribution >= 4 is 27.5 Å². The van der Waals surface area contributed by atoms with Crippen LogP contribution in [-0.4, -0.2) is 20.1 Å². The van der Waals surface area contributed by atoms with Gasteiger partial charge in [0.2, 0.25) is 0 Å². The summed E-state index contributed by atoms with van der Waals surface area (Å²) < 4.78 is 6.02. The van der Waals surface area contributed by atoms with Crippen LogP contribution in [0.4, 0.5) is 5.69 Å². The maximum absolute atomic E-state index is 12.5. The van der Waals surface area contributed by atoms with Crippen molar-refractivity contribution in [2.45, 2.75) is 6.92 Å². The zero-order valence-electron chi connectivity index (χ0n) is 11.7. The van der Waals surface area contributed by atoms with E-state index >= 15 is 0 Å². The lowest BCUT2D eigenvalue weighted by Crippen LogP contribution is -2.26. The van der Waals surface area contributed by atoms with E-state index in [-0.39, 0.29) is 5.91 Å². The van der Waals surface area contributed by atoms with Gasteiger partial charge in [-0.1, -0.05) is 22.0 Å². The second-order valence-electron chi connectivity index (χ2n) is 4.52. The minimum absolute atomic E-state index is 0.0334. The quantitative estimate of drug-likeness (QED) is 0.848. The lowest BCUT2D eigenvalue weighted by atomic mass is 10.1. The van der Waals surface area contributed by atoms with Gasteiger partial charge in [0.15, 0.2) is 0 Å². The highest BCUT2D eigenvalue weighted by molar-refractivity contribution is 9.10. The Balaban J connectivity index is 2.29. The Morgan fingerprint density at radius 3 is 2.40 bits per heavy atom. The van der Waals surface area contributed by atoms with Crippen LogP contribution in [0.3, 0.4) is 0 Å². The van der Waals surface area contributed by atoms with Gasteiger partial charge in [-0.25, -0.2) is 0 Å². The van der Waals surface area contributed by atoms with Crippen molar-refractivity contribution in [1.29, 1.82) is 0 Å². The van der Waals surface area contributed by atoms with Gasteiger partial charge in [-0.05, 0) is 48.9 Å². The molecule has 0 saturated heterocycles. The van der Waals surface area contributed by atoms with Gasteiger partial charge in [0.25, 0.3) is 5.91 Å². The van der Waals surface area contributed by atoms with Crippen LogP contribution in [0, 0.1) is 6.92 Å². The predicted octanol–water partition coefficient (Wildman–Crippen LogP) is 4.04. The van der Waals surface area contributed by atoms with E-state index in [0.717, 1.165) is 21.5 Å². The predicted molar refractivity (Wildman–Crippen MR) is 84.6 cm³/mol. The van der Waals surface area contributed by atoms with Crippen LogP contribution in [0.15, 0.2) is 46.9 Å². The Morgan fingerprint density at radius 1 is 1.15 bits per heavy atom. The van der Waals surface area contributed by atoms with Crippen LogP contribution in [0.5, 0.6) is 5.75 Å². The normalized spacial score (nSPS) is 10.2. The van der Waals surface area contributed by atoms with E-state index in [4.69, 9.17) is 4.74 Å². The molecular weight excluding hydrogens is 318 g/mol. The number of nitrogens with zero attached hydrogens (tertiary/aromatic N) is 1. The number of aryl methyl sites for hydroxylation is 1. The number of hydrogen-bond donors (Lipinski definition) is 0. The third-order valence-electron chi connectivity index (χ3n) is 3.19. The summed E-state index contributed by atoms with van der Waals surface area (Å²) in [6.07, 6.45) is 0. The number of halogens is 1. The molecule has 20 heavy (non-hydrogen) atoms. The zero-order valence-corrected chi connectivity index (χ0v) is 13.3. The first-order chi connectivity index (χ1) is 9.52. The highest BCUT2D eigenvalue weighted by Gasteiger charge is 2.16. The smallest absolute Gasteiger partial charge is 0.258 e. The Hall–Kier alpha value is -1.81. The Kier molecular flexibility index (Phi) is 4.45. The molecule has 0 fully saturated rings. The van der Waals surface area contributed by atoms with Gasteiger partial charge in [-0.2, -0.15) is 0 Å². The van der Waals surface area contributed by atoms with E-state index in [1.165, 1.54) is 0 Å². The van der Waals surface area contributed by atoms with Crippen molar-refractivity contribution in [2.75, 3.05) is 19.1 Å². The summed E-state index contributed by atoms with van der Waals surface area (Å²) in [5.74, 6) is 0.738. The largest absolute Gasteiger partial charge is 0.497 e. The molecule has 0 saturated carbocycles. The number of carbonyl (C=O) groups is 1. The second-order valence-corrected chi connectivity index (χ2v) is 5.44. The highest BCUT2D eigenvalue weighted by Crippen LogP contribution is 2.22. The molecular formula is C16H16BrNO2. The van der Waals surface area contributed by atoms with Gasteiger partial charge in [0.05, 0.1) is 7.11 Å². The van der Waals surface area contributed by atoms with Crippen LogP contribution in [-0.2, 0) is 0 Å². The number of amides is 1. The van der Waals surface area contributed by atoms with Gasteiger partial charge in [0.1, 0.15) is 5.75 Å². The fourth-order valence-electron chi connectivity index (χ4n) is 1.93. The molecule has 0 aromatic heterocycles. The van der Waals surface area contributed by atoms with E-state index in [9.17, 15) is 4.79 Å². The molecule has 2 aromatic carbocycles. The van der Waals surface area contributed by atoms with E-state index in [0.29, 0.717) is 5.56 Å². The number of benzene rings is 2. The summed E-state index contributed by atoms with van der Waals surface area (Å²) in [4.78, 5) is 14.2. The van der Waals surface area contributed by atoms with Crippen molar-refractivity contribution in [3.63, 3.8) is 0 Å².